The number of carbonyl (C=O) groups is 1. The fourth-order valence-electron chi connectivity index (χ4n) is 1.76. The van der Waals surface area contributed by atoms with Crippen LogP contribution in [0.25, 0.3) is 0 Å². The molecule has 0 bridgehead atoms. The molecule has 88 valence electrons. The maximum atomic E-state index is 11.9. The molecule has 1 N–H and O–H groups in total. The van der Waals surface area contributed by atoms with Crippen LogP contribution in [0, 0.1) is 0 Å². The van der Waals surface area contributed by atoms with Gasteiger partial charge in [-0.05, 0) is 31.9 Å². The third-order valence-corrected chi connectivity index (χ3v) is 5.09. The first-order valence-electron chi connectivity index (χ1n) is 5.65. The smallest absolute Gasteiger partial charge is 0.235 e. The zero-order valence-corrected chi connectivity index (χ0v) is 11.9. The van der Waals surface area contributed by atoms with Crippen LogP contribution in [0.5, 0.6) is 0 Å². The zero-order chi connectivity index (χ0) is 11.3. The molecule has 1 heterocycles. The van der Waals surface area contributed by atoms with E-state index < -0.39 is 0 Å². The van der Waals surface area contributed by atoms with E-state index in [4.69, 9.17) is 0 Å². The predicted molar refractivity (Wildman–Crippen MR) is 70.7 cm³/mol. The highest BCUT2D eigenvalue weighted by Gasteiger charge is 2.36. The standard InChI is InChI=1S/C11H20BrNOS/c1-3-5-9(12)8-13-10(14)11(2)6-4-7-15-11/h9H,3-8H2,1-2H3,(H,13,14). The van der Waals surface area contributed by atoms with Gasteiger partial charge in [0.15, 0.2) is 0 Å². The monoisotopic (exact) mass is 293 g/mol. The first kappa shape index (κ1) is 13.4. The number of halogens is 1. The molecule has 0 aromatic heterocycles. The summed E-state index contributed by atoms with van der Waals surface area (Å²) in [7, 11) is 0. The predicted octanol–water partition coefficient (Wildman–Crippen LogP) is 2.95. The van der Waals surface area contributed by atoms with E-state index >= 15 is 0 Å². The van der Waals surface area contributed by atoms with E-state index in [1.165, 1.54) is 6.42 Å². The van der Waals surface area contributed by atoms with Crippen molar-refractivity contribution in [2.75, 3.05) is 12.3 Å². The van der Waals surface area contributed by atoms with Gasteiger partial charge >= 0.3 is 0 Å². The molecule has 1 aliphatic heterocycles. The molecule has 0 saturated carbocycles. The van der Waals surface area contributed by atoms with E-state index in [0.29, 0.717) is 4.83 Å². The van der Waals surface area contributed by atoms with Crippen molar-refractivity contribution in [3.63, 3.8) is 0 Å². The molecule has 2 unspecified atom stereocenters. The molecule has 0 aromatic carbocycles. The van der Waals surface area contributed by atoms with E-state index in [9.17, 15) is 4.79 Å². The van der Waals surface area contributed by atoms with Crippen LogP contribution in [0.2, 0.25) is 0 Å². The van der Waals surface area contributed by atoms with Gasteiger partial charge < -0.3 is 5.32 Å². The fraction of sp³-hybridized carbons (Fsp3) is 0.909. The van der Waals surface area contributed by atoms with E-state index in [1.807, 2.05) is 0 Å². The van der Waals surface area contributed by atoms with Gasteiger partial charge in [-0.2, -0.15) is 0 Å². The lowest BCUT2D eigenvalue weighted by molar-refractivity contribution is -0.123. The highest BCUT2D eigenvalue weighted by molar-refractivity contribution is 9.09. The number of hydrogen-bond donors (Lipinski definition) is 1. The molecule has 1 aliphatic rings. The van der Waals surface area contributed by atoms with Gasteiger partial charge in [-0.3, -0.25) is 4.79 Å². The molecule has 0 aliphatic carbocycles. The average molecular weight is 294 g/mol. The van der Waals surface area contributed by atoms with Gasteiger partial charge in [0.2, 0.25) is 5.91 Å². The van der Waals surface area contributed by atoms with Crippen LogP contribution in [-0.2, 0) is 4.79 Å². The van der Waals surface area contributed by atoms with E-state index in [2.05, 4.69) is 35.1 Å². The third kappa shape index (κ3) is 3.99. The number of thioether (sulfide) groups is 1. The van der Waals surface area contributed by atoms with Crippen LogP contribution >= 0.6 is 27.7 Å². The maximum Gasteiger partial charge on any atom is 0.235 e. The maximum absolute atomic E-state index is 11.9. The minimum absolute atomic E-state index is 0.168. The molecule has 1 saturated heterocycles. The number of hydrogen-bond acceptors (Lipinski definition) is 2. The van der Waals surface area contributed by atoms with E-state index in [-0.39, 0.29) is 10.7 Å². The lowest BCUT2D eigenvalue weighted by Gasteiger charge is -2.22. The Morgan fingerprint density at radius 2 is 2.40 bits per heavy atom. The lowest BCUT2D eigenvalue weighted by atomic mass is 10.0. The van der Waals surface area contributed by atoms with Gasteiger partial charge in [0, 0.05) is 11.4 Å². The molecule has 4 heteroatoms. The molecule has 1 rings (SSSR count). The Balaban J connectivity index is 2.29. The van der Waals surface area contributed by atoms with Crippen molar-refractivity contribution in [2.24, 2.45) is 0 Å². The highest BCUT2D eigenvalue weighted by atomic mass is 79.9. The summed E-state index contributed by atoms with van der Waals surface area (Å²) in [6.07, 6.45) is 4.45. The van der Waals surface area contributed by atoms with Crippen molar-refractivity contribution < 1.29 is 4.79 Å². The fourth-order valence-corrected chi connectivity index (χ4v) is 3.61. The highest BCUT2D eigenvalue weighted by Crippen LogP contribution is 2.37. The second-order valence-electron chi connectivity index (χ2n) is 4.28. The van der Waals surface area contributed by atoms with Gasteiger partial charge in [-0.15, -0.1) is 11.8 Å². The summed E-state index contributed by atoms with van der Waals surface area (Å²) in [6, 6.07) is 0. The third-order valence-electron chi connectivity index (χ3n) is 2.79. The Labute approximate surface area is 105 Å². The Hall–Kier alpha value is 0.300. The summed E-state index contributed by atoms with van der Waals surface area (Å²) in [4.78, 5) is 12.3. The Morgan fingerprint density at radius 1 is 1.67 bits per heavy atom. The molecule has 1 amide bonds. The SMILES string of the molecule is CCCC(Br)CNC(=O)C1(C)CCCS1. The molecule has 2 nitrogen and oxygen atoms in total. The van der Waals surface area contributed by atoms with E-state index in [1.54, 1.807) is 11.8 Å². The minimum atomic E-state index is -0.168. The van der Waals surface area contributed by atoms with Crippen molar-refractivity contribution in [2.45, 2.75) is 49.1 Å². The largest absolute Gasteiger partial charge is 0.354 e. The van der Waals surface area contributed by atoms with Crippen molar-refractivity contribution in [3.8, 4) is 0 Å². The first-order chi connectivity index (χ1) is 7.08. The molecule has 1 fully saturated rings. The molecular weight excluding hydrogens is 274 g/mol. The quantitative estimate of drug-likeness (QED) is 0.790. The first-order valence-corrected chi connectivity index (χ1v) is 7.55. The van der Waals surface area contributed by atoms with Crippen molar-refractivity contribution in [1.29, 1.82) is 0 Å². The van der Waals surface area contributed by atoms with Crippen molar-refractivity contribution >= 4 is 33.6 Å². The summed E-state index contributed by atoms with van der Waals surface area (Å²) >= 11 is 5.36. The van der Waals surface area contributed by atoms with Gasteiger partial charge in [-0.1, -0.05) is 29.3 Å². The number of nitrogens with one attached hydrogen (secondary N) is 1. The molecule has 0 aromatic rings. The average Bonchev–Trinajstić information content (AvgIpc) is 2.63. The Kier molecular flexibility index (Phi) is 5.47. The number of alkyl halides is 1. The van der Waals surface area contributed by atoms with Crippen LogP contribution in [-0.4, -0.2) is 27.8 Å². The summed E-state index contributed by atoms with van der Waals surface area (Å²) in [5, 5.41) is 3.04. The Bertz CT molecular complexity index is 217. The van der Waals surface area contributed by atoms with Crippen LogP contribution in [0.1, 0.15) is 39.5 Å². The number of rotatable bonds is 5. The molecule has 2 atom stereocenters. The van der Waals surface area contributed by atoms with Crippen molar-refractivity contribution in [1.82, 2.24) is 5.32 Å². The zero-order valence-electron chi connectivity index (χ0n) is 9.51. The summed E-state index contributed by atoms with van der Waals surface area (Å²) in [5.41, 5.74) is 0. The van der Waals surface area contributed by atoms with Gasteiger partial charge in [0.25, 0.3) is 0 Å². The summed E-state index contributed by atoms with van der Waals surface area (Å²) < 4.78 is -0.168. The van der Waals surface area contributed by atoms with Gasteiger partial charge in [0.1, 0.15) is 0 Å². The molecule has 15 heavy (non-hydrogen) atoms. The van der Waals surface area contributed by atoms with Crippen LogP contribution in [0.3, 0.4) is 0 Å². The number of carbonyl (C=O) groups excluding carboxylic acids is 1. The van der Waals surface area contributed by atoms with Crippen LogP contribution < -0.4 is 5.32 Å². The summed E-state index contributed by atoms with van der Waals surface area (Å²) in [6.45, 7) is 4.97. The topological polar surface area (TPSA) is 29.1 Å². The molecule has 0 spiro atoms. The Morgan fingerprint density at radius 3 is 2.93 bits per heavy atom. The van der Waals surface area contributed by atoms with Crippen molar-refractivity contribution in [3.05, 3.63) is 0 Å². The van der Waals surface area contributed by atoms with E-state index in [0.717, 1.165) is 31.6 Å². The van der Waals surface area contributed by atoms with Crippen LogP contribution in [0.4, 0.5) is 0 Å². The number of amides is 1. The normalized spacial score (nSPS) is 27.7. The second kappa shape index (κ2) is 6.14. The minimum Gasteiger partial charge on any atom is -0.354 e. The van der Waals surface area contributed by atoms with Gasteiger partial charge in [0.05, 0.1) is 4.75 Å². The molecule has 0 radical (unpaired) electrons. The van der Waals surface area contributed by atoms with Gasteiger partial charge in [-0.25, -0.2) is 0 Å². The van der Waals surface area contributed by atoms with Crippen LogP contribution in [0.15, 0.2) is 0 Å². The second-order valence-corrected chi connectivity index (χ2v) is 7.17. The molecular formula is C11H20BrNOS. The lowest BCUT2D eigenvalue weighted by Crippen LogP contribution is -2.42. The summed E-state index contributed by atoms with van der Waals surface area (Å²) in [5.74, 6) is 1.34.